The van der Waals surface area contributed by atoms with Crippen molar-refractivity contribution in [2.24, 2.45) is 5.92 Å². The van der Waals surface area contributed by atoms with Crippen LogP contribution in [0, 0.1) is 5.92 Å². The van der Waals surface area contributed by atoms with E-state index in [0.717, 1.165) is 0 Å². The summed E-state index contributed by atoms with van der Waals surface area (Å²) in [6.45, 7) is 8.41. The van der Waals surface area contributed by atoms with Crippen LogP contribution in [0.1, 0.15) is 33.1 Å². The molecule has 1 heterocycles. The second-order valence-electron chi connectivity index (χ2n) is 4.85. The van der Waals surface area contributed by atoms with Crippen molar-refractivity contribution < 1.29 is 4.74 Å². The summed E-state index contributed by atoms with van der Waals surface area (Å²) in [6, 6.07) is 0. The third-order valence-corrected chi connectivity index (χ3v) is 3.83. The fraction of sp³-hybridized carbons (Fsp3) is 0.800. The Hall–Kier alpha value is -0.235. The zero-order valence-electron chi connectivity index (χ0n) is 8.31. The molecule has 2 aliphatic rings. The van der Waals surface area contributed by atoms with Gasteiger partial charge in [-0.1, -0.05) is 12.2 Å². The van der Waals surface area contributed by atoms with Crippen molar-refractivity contribution in [2.45, 2.75) is 44.2 Å². The third-order valence-electron chi connectivity index (χ3n) is 3.83. The van der Waals surface area contributed by atoms with Gasteiger partial charge in [0.1, 0.15) is 7.85 Å². The molecule has 2 heteroatoms. The van der Waals surface area contributed by atoms with Crippen LogP contribution in [0.25, 0.3) is 0 Å². The lowest BCUT2D eigenvalue weighted by molar-refractivity contribution is 0.298. The molecule has 0 aromatic rings. The average Bonchev–Trinajstić information content (AvgIpc) is 2.51. The van der Waals surface area contributed by atoms with Crippen molar-refractivity contribution >= 4 is 7.85 Å². The van der Waals surface area contributed by atoms with E-state index in [4.69, 9.17) is 4.74 Å². The fourth-order valence-corrected chi connectivity index (χ4v) is 2.49. The van der Waals surface area contributed by atoms with Crippen LogP contribution in [0.2, 0.25) is 0 Å². The highest BCUT2D eigenvalue weighted by Crippen LogP contribution is 2.57. The lowest BCUT2D eigenvalue weighted by Gasteiger charge is -2.27. The van der Waals surface area contributed by atoms with Gasteiger partial charge in [-0.2, -0.15) is 0 Å². The molecule has 12 heavy (non-hydrogen) atoms. The van der Waals surface area contributed by atoms with Crippen LogP contribution >= 0.6 is 0 Å². The molecular weight excluding hydrogens is 147 g/mol. The molecule has 66 valence electrons. The Labute approximate surface area is 75.6 Å². The van der Waals surface area contributed by atoms with Gasteiger partial charge in [0.05, 0.1) is 11.1 Å². The van der Waals surface area contributed by atoms with Crippen LogP contribution in [0.3, 0.4) is 0 Å². The Morgan fingerprint density at radius 1 is 1.67 bits per heavy atom. The van der Waals surface area contributed by atoms with E-state index >= 15 is 0 Å². The molecule has 0 aromatic heterocycles. The van der Waals surface area contributed by atoms with Crippen LogP contribution in [0.5, 0.6) is 0 Å². The first-order valence-corrected chi connectivity index (χ1v) is 4.82. The van der Waals surface area contributed by atoms with Gasteiger partial charge in [0, 0.05) is 0 Å². The lowest BCUT2D eigenvalue weighted by Crippen LogP contribution is -2.32. The number of hydrogen-bond acceptors (Lipinski definition) is 1. The Morgan fingerprint density at radius 3 is 2.83 bits per heavy atom. The molecule has 1 aliphatic heterocycles. The summed E-state index contributed by atoms with van der Waals surface area (Å²) in [5, 5.41) is 0. The predicted octanol–water partition coefficient (Wildman–Crippen LogP) is 1.48. The van der Waals surface area contributed by atoms with Crippen molar-refractivity contribution in [2.75, 3.05) is 0 Å². The molecule has 1 nitrogen and oxygen atoms in total. The zero-order chi connectivity index (χ0) is 8.98. The molecule has 0 spiro atoms. The maximum atomic E-state index is 5.79. The quantitative estimate of drug-likeness (QED) is 0.325. The van der Waals surface area contributed by atoms with E-state index in [2.05, 4.69) is 28.3 Å². The molecule has 3 atom stereocenters. The minimum Gasteiger partial charge on any atom is -0.373 e. The maximum absolute atomic E-state index is 5.79. The van der Waals surface area contributed by atoms with Gasteiger partial charge in [-0.15, -0.1) is 0 Å². The SMILES string of the molecule is BC12CC(C(=C)C)CCC1(C)O2. The van der Waals surface area contributed by atoms with Crippen LogP contribution in [-0.2, 0) is 4.74 Å². The molecule has 0 N–H and O–H groups in total. The number of hydrogen-bond donors (Lipinski definition) is 0. The molecule has 0 radical (unpaired) electrons. The summed E-state index contributed by atoms with van der Waals surface area (Å²) >= 11 is 0. The van der Waals surface area contributed by atoms with Gasteiger partial charge in [0.2, 0.25) is 0 Å². The smallest absolute Gasteiger partial charge is 0.147 e. The Kier molecular flexibility index (Phi) is 1.51. The van der Waals surface area contributed by atoms with Crippen molar-refractivity contribution in [1.82, 2.24) is 0 Å². The highest BCUT2D eigenvalue weighted by atomic mass is 16.6. The first kappa shape index (κ1) is 8.37. The first-order chi connectivity index (χ1) is 5.47. The van der Waals surface area contributed by atoms with Gasteiger partial charge in [-0.25, -0.2) is 0 Å². The van der Waals surface area contributed by atoms with Crippen LogP contribution in [-0.4, -0.2) is 18.9 Å². The van der Waals surface area contributed by atoms with Crippen molar-refractivity contribution in [3.8, 4) is 0 Å². The Bertz CT molecular complexity index is 238. The van der Waals surface area contributed by atoms with E-state index in [-0.39, 0.29) is 11.1 Å². The normalized spacial score (nSPS) is 51.3. The lowest BCUT2D eigenvalue weighted by atomic mass is 9.64. The van der Waals surface area contributed by atoms with Crippen LogP contribution < -0.4 is 0 Å². The second-order valence-corrected chi connectivity index (χ2v) is 4.85. The van der Waals surface area contributed by atoms with E-state index in [0.29, 0.717) is 5.92 Å². The first-order valence-electron chi connectivity index (χ1n) is 4.82. The van der Waals surface area contributed by atoms with Gasteiger partial charge >= 0.3 is 0 Å². The number of allylic oxidation sites excluding steroid dienone is 1. The number of ether oxygens (including phenoxy) is 1. The minimum atomic E-state index is 0.175. The molecule has 0 bridgehead atoms. The van der Waals surface area contributed by atoms with Crippen molar-refractivity contribution in [3.05, 3.63) is 12.2 Å². The zero-order valence-corrected chi connectivity index (χ0v) is 8.31. The van der Waals surface area contributed by atoms with E-state index in [1.807, 2.05) is 0 Å². The van der Waals surface area contributed by atoms with Gasteiger partial charge in [0.25, 0.3) is 0 Å². The van der Waals surface area contributed by atoms with Gasteiger partial charge < -0.3 is 4.74 Å². The van der Waals surface area contributed by atoms with E-state index in [9.17, 15) is 0 Å². The molecule has 1 saturated carbocycles. The van der Waals surface area contributed by atoms with Crippen molar-refractivity contribution in [1.29, 1.82) is 0 Å². The molecule has 3 unspecified atom stereocenters. The standard InChI is InChI=1S/C10H17BO/c1-7(2)8-4-5-9(3)10(11,6-8)12-9/h8H,1,4-6,11H2,2-3H3. The van der Waals surface area contributed by atoms with Crippen LogP contribution in [0.15, 0.2) is 12.2 Å². The van der Waals surface area contributed by atoms with Gasteiger partial charge in [-0.05, 0) is 39.0 Å². The van der Waals surface area contributed by atoms with Crippen LogP contribution in [0.4, 0.5) is 0 Å². The van der Waals surface area contributed by atoms with Gasteiger partial charge in [0.15, 0.2) is 0 Å². The average molecular weight is 164 g/mol. The summed E-state index contributed by atoms with van der Waals surface area (Å²) < 4.78 is 5.79. The summed E-state index contributed by atoms with van der Waals surface area (Å²) in [5.41, 5.74) is 1.71. The summed E-state index contributed by atoms with van der Waals surface area (Å²) in [5.74, 6) is 0.700. The topological polar surface area (TPSA) is 12.5 Å². The van der Waals surface area contributed by atoms with E-state index < -0.39 is 0 Å². The Balaban J connectivity index is 2.08. The fourth-order valence-electron chi connectivity index (χ4n) is 2.49. The van der Waals surface area contributed by atoms with E-state index in [1.54, 1.807) is 0 Å². The molecule has 1 saturated heterocycles. The molecule has 0 amide bonds. The minimum absolute atomic E-state index is 0.175. The highest BCUT2D eigenvalue weighted by molar-refractivity contribution is 6.17. The summed E-state index contributed by atoms with van der Waals surface area (Å²) in [7, 11) is 2.24. The summed E-state index contributed by atoms with van der Waals surface area (Å²) in [6.07, 6.45) is 3.65. The Morgan fingerprint density at radius 2 is 2.33 bits per heavy atom. The molecule has 0 aromatic carbocycles. The number of fused-ring (bicyclic) bond motifs is 1. The van der Waals surface area contributed by atoms with Gasteiger partial charge in [-0.3, -0.25) is 0 Å². The molecule has 2 fully saturated rings. The molecular formula is C10H17BO. The summed E-state index contributed by atoms with van der Waals surface area (Å²) in [4.78, 5) is 0. The number of epoxide rings is 1. The van der Waals surface area contributed by atoms with E-state index in [1.165, 1.54) is 24.8 Å². The highest BCUT2D eigenvalue weighted by Gasteiger charge is 2.64. The maximum Gasteiger partial charge on any atom is 0.147 e. The largest absolute Gasteiger partial charge is 0.373 e. The molecule has 1 aliphatic carbocycles. The second kappa shape index (κ2) is 2.17. The number of rotatable bonds is 1. The van der Waals surface area contributed by atoms with Crippen molar-refractivity contribution in [3.63, 3.8) is 0 Å². The third kappa shape index (κ3) is 0.973. The molecule has 2 rings (SSSR count). The monoisotopic (exact) mass is 164 g/mol. The predicted molar refractivity (Wildman–Crippen MR) is 52.9 cm³/mol.